The smallest absolute Gasteiger partial charge is 0.410 e. The number of carbonyl (C=O) groups is 1. The van der Waals surface area contributed by atoms with Crippen LogP contribution in [0.25, 0.3) is 0 Å². The van der Waals surface area contributed by atoms with Crippen molar-refractivity contribution < 1.29 is 13.9 Å². The second-order valence-corrected chi connectivity index (χ2v) is 7.14. The van der Waals surface area contributed by atoms with Gasteiger partial charge in [-0.1, -0.05) is 0 Å². The van der Waals surface area contributed by atoms with Gasteiger partial charge in [0.2, 0.25) is 0 Å². The molecule has 1 aromatic rings. The molecule has 0 radical (unpaired) electrons. The highest BCUT2D eigenvalue weighted by atomic mass is 16.6. The molecule has 0 spiro atoms. The monoisotopic (exact) mass is 292 g/mol. The molecule has 1 aliphatic heterocycles. The van der Waals surface area contributed by atoms with E-state index in [0.29, 0.717) is 17.9 Å². The summed E-state index contributed by atoms with van der Waals surface area (Å²) in [5.74, 6) is 2.06. The zero-order chi connectivity index (χ0) is 15.2. The van der Waals surface area contributed by atoms with Gasteiger partial charge in [-0.05, 0) is 51.7 Å². The van der Waals surface area contributed by atoms with Crippen molar-refractivity contribution in [3.63, 3.8) is 0 Å². The highest BCUT2D eigenvalue weighted by molar-refractivity contribution is 5.69. The number of ether oxygens (including phenoxy) is 1. The Kier molecular flexibility index (Phi) is 3.48. The lowest BCUT2D eigenvalue weighted by atomic mass is 10.2. The fourth-order valence-electron chi connectivity index (χ4n) is 3.16. The number of nitrogens with zero attached hydrogens (tertiary/aromatic N) is 1. The second-order valence-electron chi connectivity index (χ2n) is 7.14. The van der Waals surface area contributed by atoms with Crippen molar-refractivity contribution in [3.8, 4) is 0 Å². The number of hydrogen-bond acceptors (Lipinski definition) is 4. The van der Waals surface area contributed by atoms with E-state index in [-0.39, 0.29) is 12.1 Å². The molecule has 5 nitrogen and oxygen atoms in total. The lowest BCUT2D eigenvalue weighted by Crippen LogP contribution is -2.39. The topological polar surface area (TPSA) is 54.7 Å². The van der Waals surface area contributed by atoms with E-state index >= 15 is 0 Å². The Morgan fingerprint density at radius 2 is 2.10 bits per heavy atom. The van der Waals surface area contributed by atoms with Gasteiger partial charge in [-0.25, -0.2) is 4.79 Å². The van der Waals surface area contributed by atoms with Crippen LogP contribution in [0.3, 0.4) is 0 Å². The van der Waals surface area contributed by atoms with E-state index in [1.54, 1.807) is 6.26 Å². The molecule has 1 saturated heterocycles. The molecular formula is C16H24N2O3. The maximum Gasteiger partial charge on any atom is 0.410 e. The molecule has 5 heteroatoms. The third-order valence-corrected chi connectivity index (χ3v) is 4.26. The molecule has 1 N–H and O–H groups in total. The van der Waals surface area contributed by atoms with Crippen molar-refractivity contribution in [1.82, 2.24) is 10.2 Å². The summed E-state index contributed by atoms with van der Waals surface area (Å²) in [7, 11) is 0. The van der Waals surface area contributed by atoms with Crippen LogP contribution in [0, 0.1) is 11.8 Å². The van der Waals surface area contributed by atoms with Crippen molar-refractivity contribution in [2.24, 2.45) is 11.8 Å². The maximum atomic E-state index is 12.0. The Morgan fingerprint density at radius 3 is 2.62 bits per heavy atom. The molecule has 0 aromatic carbocycles. The number of hydrogen-bond donors (Lipinski definition) is 1. The zero-order valence-electron chi connectivity index (χ0n) is 13.1. The van der Waals surface area contributed by atoms with Gasteiger partial charge in [-0.3, -0.25) is 0 Å². The molecule has 3 unspecified atom stereocenters. The molecule has 3 rings (SSSR count). The average Bonchev–Trinajstić information content (AvgIpc) is 2.87. The molecule has 1 aliphatic carbocycles. The van der Waals surface area contributed by atoms with Crippen molar-refractivity contribution in [2.45, 2.75) is 45.4 Å². The Hall–Kier alpha value is -1.49. The largest absolute Gasteiger partial charge is 0.468 e. The molecule has 21 heavy (non-hydrogen) atoms. The first-order valence-electron chi connectivity index (χ1n) is 7.62. The Labute approximate surface area is 125 Å². The molecule has 2 fully saturated rings. The van der Waals surface area contributed by atoms with Crippen LogP contribution >= 0.6 is 0 Å². The summed E-state index contributed by atoms with van der Waals surface area (Å²) in [6.45, 7) is 9.40. The van der Waals surface area contributed by atoms with E-state index < -0.39 is 5.60 Å². The van der Waals surface area contributed by atoms with Crippen LogP contribution in [-0.2, 0) is 4.74 Å². The van der Waals surface area contributed by atoms with E-state index in [0.717, 1.165) is 18.8 Å². The van der Waals surface area contributed by atoms with Crippen molar-refractivity contribution in [2.75, 3.05) is 13.1 Å². The third-order valence-electron chi connectivity index (χ3n) is 4.26. The first-order valence-corrected chi connectivity index (χ1v) is 7.62. The van der Waals surface area contributed by atoms with Gasteiger partial charge in [0.25, 0.3) is 0 Å². The van der Waals surface area contributed by atoms with Gasteiger partial charge in [0.1, 0.15) is 11.4 Å². The first-order chi connectivity index (χ1) is 9.85. The maximum absolute atomic E-state index is 12.0. The summed E-state index contributed by atoms with van der Waals surface area (Å²) >= 11 is 0. The summed E-state index contributed by atoms with van der Waals surface area (Å²) < 4.78 is 10.8. The standard InChI is InChI=1S/C16H24N2O3/c1-10(13-6-5-7-20-13)17-14-11-8-18(9-12(11)14)15(19)21-16(2,3)4/h5-7,10-12,14,17H,8-9H2,1-4H3. The molecule has 116 valence electrons. The van der Waals surface area contributed by atoms with E-state index in [2.05, 4.69) is 12.2 Å². The second kappa shape index (κ2) is 5.05. The van der Waals surface area contributed by atoms with Crippen LogP contribution in [0.1, 0.15) is 39.5 Å². The summed E-state index contributed by atoms with van der Waals surface area (Å²) in [5, 5.41) is 3.59. The van der Waals surface area contributed by atoms with Gasteiger partial charge in [0.05, 0.1) is 12.3 Å². The number of nitrogens with one attached hydrogen (secondary N) is 1. The highest BCUT2D eigenvalue weighted by Gasteiger charge is 2.57. The number of likely N-dealkylation sites (tertiary alicyclic amines) is 1. The van der Waals surface area contributed by atoms with E-state index in [9.17, 15) is 4.79 Å². The predicted molar refractivity (Wildman–Crippen MR) is 78.8 cm³/mol. The summed E-state index contributed by atoms with van der Waals surface area (Å²) in [6, 6.07) is 4.60. The van der Waals surface area contributed by atoms with Gasteiger partial charge < -0.3 is 19.4 Å². The highest BCUT2D eigenvalue weighted by Crippen LogP contribution is 2.46. The minimum Gasteiger partial charge on any atom is -0.468 e. The van der Waals surface area contributed by atoms with E-state index in [4.69, 9.17) is 9.15 Å². The number of rotatable bonds is 3. The molecular weight excluding hydrogens is 268 g/mol. The summed E-state index contributed by atoms with van der Waals surface area (Å²) in [6.07, 6.45) is 1.51. The third kappa shape index (κ3) is 3.07. The number of piperidine rings is 1. The number of furan rings is 1. The van der Waals surface area contributed by atoms with Crippen LogP contribution in [0.2, 0.25) is 0 Å². The van der Waals surface area contributed by atoms with Crippen LogP contribution in [0.15, 0.2) is 22.8 Å². The predicted octanol–water partition coefficient (Wildman–Crippen LogP) is 2.80. The van der Waals surface area contributed by atoms with Crippen molar-refractivity contribution in [3.05, 3.63) is 24.2 Å². The molecule has 3 atom stereocenters. The average molecular weight is 292 g/mol. The Morgan fingerprint density at radius 1 is 1.43 bits per heavy atom. The quantitative estimate of drug-likeness (QED) is 0.930. The molecule has 1 aromatic heterocycles. The Bertz CT molecular complexity index is 494. The molecule has 1 amide bonds. The minimum absolute atomic E-state index is 0.187. The fourth-order valence-corrected chi connectivity index (χ4v) is 3.16. The molecule has 0 bridgehead atoms. The summed E-state index contributed by atoms with van der Waals surface area (Å²) in [4.78, 5) is 13.8. The van der Waals surface area contributed by atoms with Gasteiger partial charge in [0, 0.05) is 19.1 Å². The SMILES string of the molecule is CC(NC1C2CN(C(=O)OC(C)(C)C)CC21)c1ccco1. The molecule has 2 aliphatic rings. The van der Waals surface area contributed by atoms with Crippen LogP contribution < -0.4 is 5.32 Å². The van der Waals surface area contributed by atoms with Crippen LogP contribution in [0.4, 0.5) is 4.79 Å². The van der Waals surface area contributed by atoms with Gasteiger partial charge >= 0.3 is 6.09 Å². The van der Waals surface area contributed by atoms with E-state index in [1.807, 2.05) is 37.8 Å². The summed E-state index contributed by atoms with van der Waals surface area (Å²) in [5.41, 5.74) is -0.421. The molecule has 2 heterocycles. The van der Waals surface area contributed by atoms with Gasteiger partial charge in [-0.2, -0.15) is 0 Å². The number of amides is 1. The lowest BCUT2D eigenvalue weighted by Gasteiger charge is -2.26. The van der Waals surface area contributed by atoms with Crippen molar-refractivity contribution in [1.29, 1.82) is 0 Å². The zero-order valence-corrected chi connectivity index (χ0v) is 13.1. The van der Waals surface area contributed by atoms with E-state index in [1.165, 1.54) is 0 Å². The minimum atomic E-state index is -0.421. The Balaban J connectivity index is 1.47. The van der Waals surface area contributed by atoms with Crippen LogP contribution in [0.5, 0.6) is 0 Å². The molecule has 1 saturated carbocycles. The number of carbonyl (C=O) groups excluding carboxylic acids is 1. The first kappa shape index (κ1) is 14.4. The fraction of sp³-hybridized carbons (Fsp3) is 0.688. The van der Waals surface area contributed by atoms with Gasteiger partial charge in [-0.15, -0.1) is 0 Å². The lowest BCUT2D eigenvalue weighted by molar-refractivity contribution is 0.0268. The van der Waals surface area contributed by atoms with Crippen LogP contribution in [-0.4, -0.2) is 35.7 Å². The van der Waals surface area contributed by atoms with Crippen molar-refractivity contribution >= 4 is 6.09 Å². The number of fused-ring (bicyclic) bond motifs is 1. The normalized spacial score (nSPS) is 29.1. The van der Waals surface area contributed by atoms with Gasteiger partial charge in [0.15, 0.2) is 0 Å².